The Bertz CT molecular complexity index is 577. The molecule has 2 aromatic carbocycles. The van der Waals surface area contributed by atoms with E-state index < -0.39 is 5.82 Å². The second kappa shape index (κ2) is 3.36. The van der Waals surface area contributed by atoms with Crippen LogP contribution in [0, 0.1) is 30.9 Å². The fourth-order valence-corrected chi connectivity index (χ4v) is 1.75. The predicted octanol–water partition coefficient (Wildman–Crippen LogP) is 3.41. The van der Waals surface area contributed by atoms with Crippen LogP contribution in [0.1, 0.15) is 11.1 Å². The number of fused-ring (bicyclic) bond motifs is 1. The highest BCUT2D eigenvalue weighted by Crippen LogP contribution is 2.25. The largest absolute Gasteiger partial charge is 0.207 e. The van der Waals surface area contributed by atoms with Crippen molar-refractivity contribution < 1.29 is 8.78 Å². The summed E-state index contributed by atoms with van der Waals surface area (Å²) in [5, 5.41) is 1.24. The first kappa shape index (κ1) is 9.67. The fourth-order valence-electron chi connectivity index (χ4n) is 1.75. The van der Waals surface area contributed by atoms with E-state index in [0.717, 1.165) is 0 Å². The van der Waals surface area contributed by atoms with Crippen molar-refractivity contribution in [2.75, 3.05) is 0 Å². The lowest BCUT2D eigenvalue weighted by molar-refractivity contribution is 0.623. The lowest BCUT2D eigenvalue weighted by Gasteiger charge is -2.06. The summed E-state index contributed by atoms with van der Waals surface area (Å²) in [6.45, 7) is 1.71. The second-order valence-corrected chi connectivity index (χ2v) is 3.39. The minimum Gasteiger partial charge on any atom is -0.207 e. The van der Waals surface area contributed by atoms with Crippen LogP contribution in [-0.2, 0) is 0 Å². The van der Waals surface area contributed by atoms with E-state index in [2.05, 4.69) is 5.92 Å². The van der Waals surface area contributed by atoms with Crippen molar-refractivity contribution in [3.05, 3.63) is 47.0 Å². The first-order valence-electron chi connectivity index (χ1n) is 4.48. The molecule has 74 valence electrons. The maximum absolute atomic E-state index is 13.4. The summed E-state index contributed by atoms with van der Waals surface area (Å²) in [5.74, 6) is 1.52. The number of benzene rings is 2. The summed E-state index contributed by atoms with van der Waals surface area (Å²) in [6, 6.07) is 5.49. The van der Waals surface area contributed by atoms with Gasteiger partial charge in [0.05, 0.1) is 5.56 Å². The van der Waals surface area contributed by atoms with E-state index in [1.807, 2.05) is 0 Å². The third kappa shape index (κ3) is 1.46. The van der Waals surface area contributed by atoms with Gasteiger partial charge in [-0.2, -0.15) is 0 Å². The summed E-state index contributed by atoms with van der Waals surface area (Å²) in [7, 11) is 0. The zero-order chi connectivity index (χ0) is 11.0. The number of rotatable bonds is 0. The van der Waals surface area contributed by atoms with Crippen molar-refractivity contribution in [1.29, 1.82) is 0 Å². The fraction of sp³-hybridized carbons (Fsp3) is 0.0769. The van der Waals surface area contributed by atoms with Gasteiger partial charge in [-0.15, -0.1) is 6.42 Å². The zero-order valence-corrected chi connectivity index (χ0v) is 8.14. The van der Waals surface area contributed by atoms with E-state index in [1.54, 1.807) is 6.92 Å². The average molecular weight is 202 g/mol. The van der Waals surface area contributed by atoms with E-state index in [1.165, 1.54) is 24.3 Å². The molecule has 0 N–H and O–H groups in total. The number of hydrogen-bond acceptors (Lipinski definition) is 0. The van der Waals surface area contributed by atoms with Gasteiger partial charge in [0.25, 0.3) is 0 Å². The third-order valence-corrected chi connectivity index (χ3v) is 2.37. The molecule has 0 unspecified atom stereocenters. The first-order chi connectivity index (χ1) is 7.13. The Kier molecular flexibility index (Phi) is 2.17. The molecule has 0 amide bonds. The zero-order valence-electron chi connectivity index (χ0n) is 8.14. The van der Waals surface area contributed by atoms with Crippen molar-refractivity contribution >= 4 is 10.8 Å². The summed E-state index contributed by atoms with van der Waals surface area (Å²) in [5.41, 5.74) is 0.849. The highest BCUT2D eigenvalue weighted by atomic mass is 19.1. The molecule has 0 aliphatic carbocycles. The van der Waals surface area contributed by atoms with Crippen LogP contribution in [0.5, 0.6) is 0 Å². The van der Waals surface area contributed by atoms with Crippen LogP contribution in [0.3, 0.4) is 0 Å². The molecule has 2 aromatic rings. The van der Waals surface area contributed by atoms with Crippen molar-refractivity contribution in [2.45, 2.75) is 6.92 Å². The number of hydrogen-bond donors (Lipinski definition) is 0. The normalized spacial score (nSPS) is 10.3. The molecular formula is C13H8F2. The van der Waals surface area contributed by atoms with Crippen LogP contribution in [0.4, 0.5) is 8.78 Å². The highest BCUT2D eigenvalue weighted by Gasteiger charge is 2.08. The van der Waals surface area contributed by atoms with Gasteiger partial charge >= 0.3 is 0 Å². The highest BCUT2D eigenvalue weighted by molar-refractivity contribution is 5.91. The molecule has 0 aliphatic rings. The summed E-state index contributed by atoms with van der Waals surface area (Å²) >= 11 is 0. The molecule has 0 spiro atoms. The van der Waals surface area contributed by atoms with Crippen LogP contribution in [-0.4, -0.2) is 0 Å². The van der Waals surface area contributed by atoms with E-state index in [-0.39, 0.29) is 11.4 Å². The molecule has 2 heteroatoms. The second-order valence-electron chi connectivity index (χ2n) is 3.39. The predicted molar refractivity (Wildman–Crippen MR) is 56.5 cm³/mol. The molecular weight excluding hydrogens is 194 g/mol. The summed E-state index contributed by atoms with van der Waals surface area (Å²) in [6.07, 6.45) is 5.24. The van der Waals surface area contributed by atoms with E-state index >= 15 is 0 Å². The molecule has 0 atom stereocenters. The molecule has 15 heavy (non-hydrogen) atoms. The Morgan fingerprint density at radius 3 is 2.60 bits per heavy atom. The molecule has 0 nitrogen and oxygen atoms in total. The monoisotopic (exact) mass is 202 g/mol. The van der Waals surface area contributed by atoms with Gasteiger partial charge in [-0.3, -0.25) is 0 Å². The van der Waals surface area contributed by atoms with Crippen LogP contribution in [0.2, 0.25) is 0 Å². The smallest absolute Gasteiger partial charge is 0.139 e. The van der Waals surface area contributed by atoms with Crippen LogP contribution >= 0.6 is 0 Å². The lowest BCUT2D eigenvalue weighted by Crippen LogP contribution is -1.90. The minimum atomic E-state index is -0.445. The van der Waals surface area contributed by atoms with Gasteiger partial charge in [0, 0.05) is 5.39 Å². The van der Waals surface area contributed by atoms with Gasteiger partial charge in [-0.05, 0) is 36.1 Å². The van der Waals surface area contributed by atoms with Gasteiger partial charge in [0.2, 0.25) is 0 Å². The Labute approximate surface area is 86.5 Å². The molecule has 0 saturated heterocycles. The quantitative estimate of drug-likeness (QED) is 0.574. The van der Waals surface area contributed by atoms with Gasteiger partial charge in [-0.1, -0.05) is 12.0 Å². The number of halogens is 2. The molecule has 0 saturated carbocycles. The first-order valence-corrected chi connectivity index (χ1v) is 4.48. The summed E-state index contributed by atoms with van der Waals surface area (Å²) < 4.78 is 26.5. The molecule has 0 radical (unpaired) electrons. The van der Waals surface area contributed by atoms with Gasteiger partial charge in [0.15, 0.2) is 0 Å². The van der Waals surface area contributed by atoms with Crippen molar-refractivity contribution in [1.82, 2.24) is 0 Å². The SMILES string of the molecule is C#Cc1c(F)ccc2cc(F)cc(C)c12. The molecule has 0 aromatic heterocycles. The van der Waals surface area contributed by atoms with Gasteiger partial charge in [-0.25, -0.2) is 8.78 Å². The third-order valence-electron chi connectivity index (χ3n) is 2.37. The lowest BCUT2D eigenvalue weighted by atomic mass is 10.00. The molecule has 0 heterocycles. The summed E-state index contributed by atoms with van der Waals surface area (Å²) in [4.78, 5) is 0. The average Bonchev–Trinajstić information content (AvgIpc) is 2.18. The van der Waals surface area contributed by atoms with Gasteiger partial charge in [0.1, 0.15) is 11.6 Å². The van der Waals surface area contributed by atoms with Gasteiger partial charge < -0.3 is 0 Å². The van der Waals surface area contributed by atoms with E-state index in [4.69, 9.17) is 6.42 Å². The Morgan fingerprint density at radius 1 is 1.20 bits per heavy atom. The Balaban J connectivity index is 3.00. The van der Waals surface area contributed by atoms with Crippen molar-refractivity contribution in [2.24, 2.45) is 0 Å². The molecule has 2 rings (SSSR count). The number of terminal acetylenes is 1. The van der Waals surface area contributed by atoms with Crippen molar-refractivity contribution in [3.8, 4) is 12.3 Å². The molecule has 0 fully saturated rings. The van der Waals surface area contributed by atoms with Crippen LogP contribution in [0.15, 0.2) is 24.3 Å². The maximum Gasteiger partial charge on any atom is 0.139 e. The Morgan fingerprint density at radius 2 is 1.93 bits per heavy atom. The minimum absolute atomic E-state index is 0.199. The molecule has 0 bridgehead atoms. The van der Waals surface area contributed by atoms with Crippen molar-refractivity contribution in [3.63, 3.8) is 0 Å². The van der Waals surface area contributed by atoms with E-state index in [9.17, 15) is 8.78 Å². The maximum atomic E-state index is 13.4. The molecule has 0 aliphatic heterocycles. The van der Waals surface area contributed by atoms with Crippen LogP contribution in [0.25, 0.3) is 10.8 Å². The Hall–Kier alpha value is -1.88. The number of aryl methyl sites for hydroxylation is 1. The topological polar surface area (TPSA) is 0 Å². The standard InChI is InChI=1S/C13H8F2/c1-3-11-12(15)5-4-9-7-10(14)6-8(2)13(9)11/h1,4-7H,2H3. The van der Waals surface area contributed by atoms with Crippen LogP contribution < -0.4 is 0 Å². The van der Waals surface area contributed by atoms with E-state index in [0.29, 0.717) is 16.3 Å².